The summed E-state index contributed by atoms with van der Waals surface area (Å²) in [6, 6.07) is 0. The topological polar surface area (TPSA) is 47.6 Å². The largest absolute Gasteiger partial charge is 0.353 e. The molecule has 5 heteroatoms. The molecule has 3 aliphatic rings. The van der Waals surface area contributed by atoms with Crippen LogP contribution in [0.15, 0.2) is 0 Å². The molecule has 1 saturated carbocycles. The summed E-state index contributed by atoms with van der Waals surface area (Å²) < 4.78 is 0. The SMILES string of the molecule is CN1CCC(CNC(=O)CNCC2CC2)(N2CCCCC2)CC1. The zero-order chi connectivity index (χ0) is 16.1. The molecule has 5 nitrogen and oxygen atoms in total. The van der Waals surface area contributed by atoms with Gasteiger partial charge < -0.3 is 15.5 Å². The highest BCUT2D eigenvalue weighted by Gasteiger charge is 2.39. The van der Waals surface area contributed by atoms with Crippen molar-refractivity contribution in [3.63, 3.8) is 0 Å². The number of amides is 1. The van der Waals surface area contributed by atoms with Gasteiger partial charge in [0.1, 0.15) is 0 Å². The van der Waals surface area contributed by atoms with Crippen molar-refractivity contribution in [2.75, 3.05) is 52.9 Å². The predicted molar refractivity (Wildman–Crippen MR) is 93.5 cm³/mol. The zero-order valence-electron chi connectivity index (χ0n) is 14.8. The number of rotatable bonds is 7. The van der Waals surface area contributed by atoms with Crippen molar-refractivity contribution in [2.24, 2.45) is 5.92 Å². The minimum atomic E-state index is 0.168. The van der Waals surface area contributed by atoms with Gasteiger partial charge in [-0.3, -0.25) is 9.69 Å². The Morgan fingerprint density at radius 2 is 1.78 bits per heavy atom. The quantitative estimate of drug-likeness (QED) is 0.736. The van der Waals surface area contributed by atoms with Gasteiger partial charge in [0.2, 0.25) is 5.91 Å². The van der Waals surface area contributed by atoms with E-state index in [0.717, 1.165) is 32.1 Å². The van der Waals surface area contributed by atoms with E-state index in [1.54, 1.807) is 0 Å². The van der Waals surface area contributed by atoms with Gasteiger partial charge in [0.15, 0.2) is 0 Å². The average molecular weight is 322 g/mol. The molecule has 2 aliphatic heterocycles. The van der Waals surface area contributed by atoms with E-state index in [0.29, 0.717) is 6.54 Å². The summed E-state index contributed by atoms with van der Waals surface area (Å²) in [5.74, 6) is 0.998. The van der Waals surface area contributed by atoms with Crippen molar-refractivity contribution in [3.05, 3.63) is 0 Å². The van der Waals surface area contributed by atoms with Gasteiger partial charge in [0.05, 0.1) is 6.54 Å². The Morgan fingerprint density at radius 3 is 2.43 bits per heavy atom. The van der Waals surface area contributed by atoms with Crippen LogP contribution >= 0.6 is 0 Å². The second-order valence-electron chi connectivity index (χ2n) is 7.93. The molecule has 0 aromatic carbocycles. The second kappa shape index (κ2) is 7.95. The van der Waals surface area contributed by atoms with Crippen LogP contribution in [0.4, 0.5) is 0 Å². The minimum absolute atomic E-state index is 0.168. The zero-order valence-corrected chi connectivity index (χ0v) is 14.8. The Bertz CT molecular complexity index is 382. The van der Waals surface area contributed by atoms with Crippen LogP contribution in [0, 0.1) is 5.92 Å². The number of nitrogens with zero attached hydrogens (tertiary/aromatic N) is 2. The molecule has 3 fully saturated rings. The van der Waals surface area contributed by atoms with Crippen LogP contribution in [-0.4, -0.2) is 74.1 Å². The molecule has 2 heterocycles. The molecule has 23 heavy (non-hydrogen) atoms. The van der Waals surface area contributed by atoms with Crippen LogP contribution < -0.4 is 10.6 Å². The van der Waals surface area contributed by atoms with Gasteiger partial charge in [-0.1, -0.05) is 6.42 Å². The van der Waals surface area contributed by atoms with E-state index in [1.165, 1.54) is 58.0 Å². The summed E-state index contributed by atoms with van der Waals surface area (Å²) in [6.45, 7) is 7.02. The molecule has 0 aromatic heterocycles. The van der Waals surface area contributed by atoms with E-state index in [9.17, 15) is 4.79 Å². The monoisotopic (exact) mass is 322 g/mol. The van der Waals surface area contributed by atoms with Crippen molar-refractivity contribution < 1.29 is 4.79 Å². The summed E-state index contributed by atoms with van der Waals surface area (Å²) in [5, 5.41) is 6.54. The number of carbonyl (C=O) groups is 1. The molecule has 0 atom stereocenters. The lowest BCUT2D eigenvalue weighted by Crippen LogP contribution is -2.61. The van der Waals surface area contributed by atoms with Gasteiger partial charge in [-0.25, -0.2) is 0 Å². The Labute approximate surface area is 141 Å². The maximum Gasteiger partial charge on any atom is 0.234 e. The maximum atomic E-state index is 12.2. The summed E-state index contributed by atoms with van der Waals surface area (Å²) in [4.78, 5) is 17.3. The normalized spacial score (nSPS) is 26.1. The Balaban J connectivity index is 1.49. The van der Waals surface area contributed by atoms with E-state index in [4.69, 9.17) is 0 Å². The minimum Gasteiger partial charge on any atom is -0.353 e. The summed E-state index contributed by atoms with van der Waals surface area (Å²) >= 11 is 0. The van der Waals surface area contributed by atoms with Gasteiger partial charge in [0.25, 0.3) is 0 Å². The van der Waals surface area contributed by atoms with Gasteiger partial charge in [-0.05, 0) is 84.2 Å². The number of piperidine rings is 2. The van der Waals surface area contributed by atoms with Crippen molar-refractivity contribution in [2.45, 2.75) is 50.5 Å². The number of carbonyl (C=O) groups excluding carboxylic acids is 1. The van der Waals surface area contributed by atoms with Gasteiger partial charge in [-0.2, -0.15) is 0 Å². The van der Waals surface area contributed by atoms with Crippen molar-refractivity contribution >= 4 is 5.91 Å². The Kier molecular flexibility index (Phi) is 5.94. The number of hydrogen-bond donors (Lipinski definition) is 2. The van der Waals surface area contributed by atoms with Gasteiger partial charge >= 0.3 is 0 Å². The van der Waals surface area contributed by atoms with Crippen LogP contribution in [0.25, 0.3) is 0 Å². The van der Waals surface area contributed by atoms with E-state index in [2.05, 4.69) is 27.5 Å². The van der Waals surface area contributed by atoms with Crippen LogP contribution in [-0.2, 0) is 4.79 Å². The van der Waals surface area contributed by atoms with E-state index < -0.39 is 0 Å². The van der Waals surface area contributed by atoms with E-state index in [-0.39, 0.29) is 11.4 Å². The highest BCUT2D eigenvalue weighted by Crippen LogP contribution is 2.31. The molecule has 3 rings (SSSR count). The lowest BCUT2D eigenvalue weighted by Gasteiger charge is -2.50. The highest BCUT2D eigenvalue weighted by molar-refractivity contribution is 5.78. The number of likely N-dealkylation sites (tertiary alicyclic amines) is 2. The first-order valence-electron chi connectivity index (χ1n) is 9.59. The number of hydrogen-bond acceptors (Lipinski definition) is 4. The van der Waals surface area contributed by atoms with Gasteiger partial charge in [-0.15, -0.1) is 0 Å². The summed E-state index contributed by atoms with van der Waals surface area (Å²) in [6.07, 6.45) is 9.02. The average Bonchev–Trinajstić information content (AvgIpc) is 3.40. The van der Waals surface area contributed by atoms with Crippen molar-refractivity contribution in [1.82, 2.24) is 20.4 Å². The Hall–Kier alpha value is -0.650. The molecule has 0 bridgehead atoms. The van der Waals surface area contributed by atoms with Crippen LogP contribution in [0.1, 0.15) is 44.9 Å². The highest BCUT2D eigenvalue weighted by atomic mass is 16.1. The molecular weight excluding hydrogens is 288 g/mol. The summed E-state index contributed by atoms with van der Waals surface area (Å²) in [5.41, 5.74) is 0.194. The standard InChI is InChI=1S/C18H34N4O/c1-21-11-7-18(8-12-21,22-9-3-2-4-10-22)15-20-17(23)14-19-13-16-5-6-16/h16,19H,2-15H2,1H3,(H,20,23). The molecule has 0 unspecified atom stereocenters. The lowest BCUT2D eigenvalue weighted by molar-refractivity contribution is -0.121. The fourth-order valence-corrected chi connectivity index (χ4v) is 4.05. The first kappa shape index (κ1) is 17.2. The molecule has 2 saturated heterocycles. The van der Waals surface area contributed by atoms with E-state index in [1.807, 2.05) is 0 Å². The Morgan fingerprint density at radius 1 is 1.09 bits per heavy atom. The molecule has 1 aliphatic carbocycles. The van der Waals surface area contributed by atoms with Gasteiger partial charge in [0, 0.05) is 12.1 Å². The lowest BCUT2D eigenvalue weighted by atomic mass is 9.84. The third kappa shape index (κ3) is 4.91. The fraction of sp³-hybridized carbons (Fsp3) is 0.944. The molecule has 2 N–H and O–H groups in total. The van der Waals surface area contributed by atoms with Crippen molar-refractivity contribution in [3.8, 4) is 0 Å². The van der Waals surface area contributed by atoms with Crippen molar-refractivity contribution in [1.29, 1.82) is 0 Å². The first-order valence-corrected chi connectivity index (χ1v) is 9.59. The first-order chi connectivity index (χ1) is 11.2. The fourth-order valence-electron chi connectivity index (χ4n) is 4.05. The molecule has 1 amide bonds. The second-order valence-corrected chi connectivity index (χ2v) is 7.93. The maximum absolute atomic E-state index is 12.2. The third-order valence-corrected chi connectivity index (χ3v) is 5.97. The predicted octanol–water partition coefficient (Wildman–Crippen LogP) is 1.05. The van der Waals surface area contributed by atoms with E-state index >= 15 is 0 Å². The number of nitrogens with one attached hydrogen (secondary N) is 2. The molecule has 132 valence electrons. The van der Waals surface area contributed by atoms with Crippen LogP contribution in [0.5, 0.6) is 0 Å². The molecular formula is C18H34N4O. The smallest absolute Gasteiger partial charge is 0.234 e. The molecule has 0 aromatic rings. The summed E-state index contributed by atoms with van der Waals surface area (Å²) in [7, 11) is 2.21. The third-order valence-electron chi connectivity index (χ3n) is 5.97. The molecule has 0 spiro atoms. The van der Waals surface area contributed by atoms with Crippen LogP contribution in [0.2, 0.25) is 0 Å². The molecule has 0 radical (unpaired) electrons. The van der Waals surface area contributed by atoms with Crippen LogP contribution in [0.3, 0.4) is 0 Å².